The average Bonchev–Trinajstić information content (AvgIpc) is 2.63. The highest BCUT2D eigenvalue weighted by Crippen LogP contribution is 2.35. The lowest BCUT2D eigenvalue weighted by atomic mass is 10.1. The summed E-state index contributed by atoms with van der Waals surface area (Å²) in [7, 11) is 0. The molecule has 1 aromatic rings. The second kappa shape index (κ2) is 2.25. The summed E-state index contributed by atoms with van der Waals surface area (Å²) in [5.41, 5.74) is 2.19. The molecule has 0 N–H and O–H groups in total. The van der Waals surface area contributed by atoms with E-state index in [-0.39, 0.29) is 5.97 Å². The number of carbonyl (C=O) groups is 1. The van der Waals surface area contributed by atoms with E-state index in [1.807, 2.05) is 12.1 Å². The van der Waals surface area contributed by atoms with Gasteiger partial charge < -0.3 is 9.47 Å². The minimum absolute atomic E-state index is 0.168. The van der Waals surface area contributed by atoms with Crippen LogP contribution in [-0.4, -0.2) is 12.6 Å². The van der Waals surface area contributed by atoms with Crippen LogP contribution in [0, 0.1) is 0 Å². The van der Waals surface area contributed by atoms with Crippen LogP contribution in [0.4, 0.5) is 0 Å². The van der Waals surface area contributed by atoms with Crippen molar-refractivity contribution >= 4 is 5.97 Å². The predicted molar refractivity (Wildman–Crippen MR) is 45.0 cm³/mol. The molecule has 0 amide bonds. The zero-order valence-electron chi connectivity index (χ0n) is 7.00. The third-order valence-electron chi connectivity index (χ3n) is 2.43. The summed E-state index contributed by atoms with van der Waals surface area (Å²) in [5, 5.41) is 0. The van der Waals surface area contributed by atoms with Crippen molar-refractivity contribution in [3.8, 4) is 11.5 Å². The number of carbonyl (C=O) groups excluding carboxylic acids is 1. The van der Waals surface area contributed by atoms with Crippen LogP contribution >= 0.6 is 0 Å². The fourth-order valence-electron chi connectivity index (χ4n) is 1.81. The molecule has 0 unspecified atom stereocenters. The molecule has 66 valence electrons. The third kappa shape index (κ3) is 0.932. The quantitative estimate of drug-likeness (QED) is 0.438. The molecule has 0 saturated heterocycles. The lowest BCUT2D eigenvalue weighted by molar-refractivity contribution is -0.131. The molecule has 2 aliphatic rings. The van der Waals surface area contributed by atoms with Gasteiger partial charge in [-0.1, -0.05) is 0 Å². The Morgan fingerprint density at radius 3 is 3.00 bits per heavy atom. The second-order valence-electron chi connectivity index (χ2n) is 3.32. The maximum absolute atomic E-state index is 11.0. The minimum atomic E-state index is -0.168. The van der Waals surface area contributed by atoms with Gasteiger partial charge in [0, 0.05) is 18.1 Å². The van der Waals surface area contributed by atoms with E-state index >= 15 is 0 Å². The highest BCUT2D eigenvalue weighted by atomic mass is 16.5. The number of hydrogen-bond acceptors (Lipinski definition) is 3. The van der Waals surface area contributed by atoms with Crippen molar-refractivity contribution in [3.63, 3.8) is 0 Å². The smallest absolute Gasteiger partial charge is 0.315 e. The van der Waals surface area contributed by atoms with Crippen LogP contribution in [0.1, 0.15) is 11.1 Å². The molecule has 0 fully saturated rings. The van der Waals surface area contributed by atoms with E-state index in [2.05, 4.69) is 0 Å². The molecule has 0 spiro atoms. The van der Waals surface area contributed by atoms with Gasteiger partial charge in [-0.05, 0) is 11.6 Å². The molecule has 0 aromatic heterocycles. The van der Waals surface area contributed by atoms with Crippen molar-refractivity contribution < 1.29 is 14.3 Å². The summed E-state index contributed by atoms with van der Waals surface area (Å²) < 4.78 is 10.4. The summed E-state index contributed by atoms with van der Waals surface area (Å²) in [6, 6.07) is 3.84. The molecule has 3 nitrogen and oxygen atoms in total. The Labute approximate surface area is 75.3 Å². The summed E-state index contributed by atoms with van der Waals surface area (Å²) in [6.07, 6.45) is 1.35. The molecule has 13 heavy (non-hydrogen) atoms. The summed E-state index contributed by atoms with van der Waals surface area (Å²) >= 11 is 0. The van der Waals surface area contributed by atoms with Crippen molar-refractivity contribution in [3.05, 3.63) is 23.3 Å². The van der Waals surface area contributed by atoms with Crippen molar-refractivity contribution in [1.82, 2.24) is 0 Å². The van der Waals surface area contributed by atoms with Gasteiger partial charge >= 0.3 is 5.97 Å². The Bertz CT molecular complexity index is 360. The Hall–Kier alpha value is -1.51. The van der Waals surface area contributed by atoms with Gasteiger partial charge in [-0.2, -0.15) is 0 Å². The monoisotopic (exact) mass is 176 g/mol. The Kier molecular flexibility index (Phi) is 1.20. The van der Waals surface area contributed by atoms with E-state index in [0.29, 0.717) is 12.2 Å². The molecule has 0 radical (unpaired) electrons. The maximum atomic E-state index is 11.0. The van der Waals surface area contributed by atoms with Crippen LogP contribution in [0.3, 0.4) is 0 Å². The predicted octanol–water partition coefficient (Wildman–Crippen LogP) is 1.08. The Balaban J connectivity index is 2.15. The van der Waals surface area contributed by atoms with Gasteiger partial charge in [-0.3, -0.25) is 4.79 Å². The molecule has 1 aromatic carbocycles. The van der Waals surface area contributed by atoms with E-state index in [0.717, 1.165) is 24.3 Å². The number of ether oxygens (including phenoxy) is 2. The Morgan fingerprint density at radius 2 is 2.08 bits per heavy atom. The molecule has 0 bridgehead atoms. The van der Waals surface area contributed by atoms with Crippen LogP contribution < -0.4 is 9.47 Å². The maximum Gasteiger partial charge on any atom is 0.315 e. The first-order valence-corrected chi connectivity index (χ1v) is 4.32. The van der Waals surface area contributed by atoms with Gasteiger partial charge in [0.1, 0.15) is 11.5 Å². The highest BCUT2D eigenvalue weighted by molar-refractivity contribution is 5.81. The summed E-state index contributed by atoms with van der Waals surface area (Å²) in [6.45, 7) is 0.742. The second-order valence-corrected chi connectivity index (χ2v) is 3.32. The van der Waals surface area contributed by atoms with Crippen LogP contribution in [0.25, 0.3) is 0 Å². The largest absolute Gasteiger partial charge is 0.493 e. The van der Waals surface area contributed by atoms with E-state index in [9.17, 15) is 4.79 Å². The first-order chi connectivity index (χ1) is 6.33. The molecule has 3 heteroatoms. The summed E-state index contributed by atoms with van der Waals surface area (Å²) in [5.74, 6) is 1.37. The molecule has 0 atom stereocenters. The number of fused-ring (bicyclic) bond motifs is 2. The Morgan fingerprint density at radius 1 is 1.15 bits per heavy atom. The fraction of sp³-hybridized carbons (Fsp3) is 0.300. The highest BCUT2D eigenvalue weighted by Gasteiger charge is 2.24. The lowest BCUT2D eigenvalue weighted by Crippen LogP contribution is -2.00. The molecule has 3 rings (SSSR count). The molecule has 2 aliphatic heterocycles. The number of esters is 1. The zero-order valence-corrected chi connectivity index (χ0v) is 7.00. The number of benzene rings is 1. The fourth-order valence-corrected chi connectivity index (χ4v) is 1.81. The molecular weight excluding hydrogens is 168 g/mol. The molecule has 2 heterocycles. The first-order valence-electron chi connectivity index (χ1n) is 4.32. The zero-order chi connectivity index (χ0) is 8.84. The standard InChI is InChI=1S/C10H8O3/c11-10-4-7-3-6-1-2-12-8(6)5-9(7)13-10/h3,5H,1-2,4H2. The average molecular weight is 176 g/mol. The van der Waals surface area contributed by atoms with E-state index in [1.54, 1.807) is 0 Å². The van der Waals surface area contributed by atoms with Crippen LogP contribution in [0.5, 0.6) is 11.5 Å². The summed E-state index contributed by atoms with van der Waals surface area (Å²) in [4.78, 5) is 11.0. The van der Waals surface area contributed by atoms with Gasteiger partial charge in [0.15, 0.2) is 0 Å². The van der Waals surface area contributed by atoms with Gasteiger partial charge in [-0.25, -0.2) is 0 Å². The van der Waals surface area contributed by atoms with Gasteiger partial charge in [-0.15, -0.1) is 0 Å². The normalized spacial score (nSPS) is 17.7. The third-order valence-corrected chi connectivity index (χ3v) is 2.43. The van der Waals surface area contributed by atoms with Crippen LogP contribution in [-0.2, 0) is 17.6 Å². The SMILES string of the molecule is O=C1Cc2cc3c(cc2O1)OCC3. The number of hydrogen-bond donors (Lipinski definition) is 0. The van der Waals surface area contributed by atoms with Crippen LogP contribution in [0.2, 0.25) is 0 Å². The lowest BCUT2D eigenvalue weighted by Gasteiger charge is -2.01. The van der Waals surface area contributed by atoms with Crippen molar-refractivity contribution in [2.75, 3.05) is 6.61 Å². The van der Waals surface area contributed by atoms with Gasteiger partial charge in [0.2, 0.25) is 0 Å². The van der Waals surface area contributed by atoms with E-state index in [4.69, 9.17) is 9.47 Å². The van der Waals surface area contributed by atoms with Gasteiger partial charge in [0.05, 0.1) is 13.0 Å². The first kappa shape index (κ1) is 6.95. The molecule has 0 aliphatic carbocycles. The van der Waals surface area contributed by atoms with Crippen molar-refractivity contribution in [2.45, 2.75) is 12.8 Å². The van der Waals surface area contributed by atoms with E-state index in [1.165, 1.54) is 5.56 Å². The van der Waals surface area contributed by atoms with Crippen LogP contribution in [0.15, 0.2) is 12.1 Å². The molecule has 0 saturated carbocycles. The van der Waals surface area contributed by atoms with Crippen molar-refractivity contribution in [2.24, 2.45) is 0 Å². The minimum Gasteiger partial charge on any atom is -0.493 e. The molecular formula is C10H8O3. The van der Waals surface area contributed by atoms with Crippen molar-refractivity contribution in [1.29, 1.82) is 0 Å². The van der Waals surface area contributed by atoms with Gasteiger partial charge in [0.25, 0.3) is 0 Å². The topological polar surface area (TPSA) is 35.5 Å². The number of rotatable bonds is 0. The van der Waals surface area contributed by atoms with E-state index < -0.39 is 0 Å².